The lowest BCUT2D eigenvalue weighted by Crippen LogP contribution is -2.39. The number of benzene rings is 2. The zero-order valence-corrected chi connectivity index (χ0v) is 21.5. The highest BCUT2D eigenvalue weighted by Crippen LogP contribution is 2.41. The molecule has 176 valence electrons. The van der Waals surface area contributed by atoms with Gasteiger partial charge in [0.15, 0.2) is 0 Å². The third-order valence-corrected chi connectivity index (χ3v) is 7.83. The molecule has 4 nitrogen and oxygen atoms in total. The van der Waals surface area contributed by atoms with E-state index in [0.717, 1.165) is 9.79 Å². The van der Waals surface area contributed by atoms with Gasteiger partial charge in [-0.3, -0.25) is 9.59 Å². The SMILES string of the molecule is CCOC(=O)C1CCN(C(=O)C=Cc2ccc(Sc3ccccc3C(C)C)c(Cl)c2Cl)CC1. The van der Waals surface area contributed by atoms with Crippen molar-refractivity contribution in [2.24, 2.45) is 5.92 Å². The second-order valence-corrected chi connectivity index (χ2v) is 10.1. The van der Waals surface area contributed by atoms with Crippen molar-refractivity contribution in [1.29, 1.82) is 0 Å². The standard InChI is InChI=1S/C26H29Cl2NO3S/c1-4-32-26(31)19-13-15-29(16-14-19)23(30)12-10-18-9-11-22(25(28)24(18)27)33-21-8-6-5-7-20(21)17(2)3/h5-12,17,19H,4,13-16H2,1-3H3. The van der Waals surface area contributed by atoms with Crippen LogP contribution in [0.15, 0.2) is 52.3 Å². The average Bonchev–Trinajstić information content (AvgIpc) is 2.82. The van der Waals surface area contributed by atoms with Crippen molar-refractivity contribution < 1.29 is 14.3 Å². The second-order valence-electron chi connectivity index (χ2n) is 8.26. The number of ether oxygens (including phenoxy) is 1. The van der Waals surface area contributed by atoms with Gasteiger partial charge in [0, 0.05) is 29.0 Å². The van der Waals surface area contributed by atoms with E-state index in [-0.39, 0.29) is 17.8 Å². The molecule has 1 heterocycles. The van der Waals surface area contributed by atoms with E-state index in [0.29, 0.717) is 54.1 Å². The Labute approximate surface area is 210 Å². The monoisotopic (exact) mass is 505 g/mol. The van der Waals surface area contributed by atoms with E-state index >= 15 is 0 Å². The maximum Gasteiger partial charge on any atom is 0.309 e. The molecule has 0 N–H and O–H groups in total. The van der Waals surface area contributed by atoms with Crippen LogP contribution in [0.3, 0.4) is 0 Å². The van der Waals surface area contributed by atoms with Crippen LogP contribution in [0, 0.1) is 5.92 Å². The van der Waals surface area contributed by atoms with Crippen LogP contribution in [0.4, 0.5) is 0 Å². The molecule has 0 spiro atoms. The number of carbonyl (C=O) groups is 2. The van der Waals surface area contributed by atoms with E-state index < -0.39 is 0 Å². The van der Waals surface area contributed by atoms with Crippen LogP contribution >= 0.6 is 35.0 Å². The van der Waals surface area contributed by atoms with Crippen LogP contribution < -0.4 is 0 Å². The molecule has 0 atom stereocenters. The summed E-state index contributed by atoms with van der Waals surface area (Å²) in [7, 11) is 0. The normalized spacial score (nSPS) is 14.8. The lowest BCUT2D eigenvalue weighted by Gasteiger charge is -2.30. The Morgan fingerprint density at radius 1 is 1.09 bits per heavy atom. The lowest BCUT2D eigenvalue weighted by molar-refractivity contribution is -0.150. The summed E-state index contributed by atoms with van der Waals surface area (Å²) in [6.45, 7) is 7.58. The minimum Gasteiger partial charge on any atom is -0.466 e. The highest BCUT2D eigenvalue weighted by atomic mass is 35.5. The molecule has 2 aromatic rings. The van der Waals surface area contributed by atoms with Crippen LogP contribution in [-0.4, -0.2) is 36.5 Å². The highest BCUT2D eigenvalue weighted by molar-refractivity contribution is 7.99. The molecular formula is C26H29Cl2NO3S. The van der Waals surface area contributed by atoms with E-state index in [1.807, 2.05) is 24.3 Å². The quantitative estimate of drug-likeness (QED) is 0.297. The summed E-state index contributed by atoms with van der Waals surface area (Å²) in [5, 5.41) is 0.902. The Bertz CT molecular complexity index is 1030. The maximum absolute atomic E-state index is 12.6. The maximum atomic E-state index is 12.6. The molecule has 1 aliphatic rings. The van der Waals surface area contributed by atoms with E-state index in [9.17, 15) is 9.59 Å². The number of nitrogens with zero attached hydrogens (tertiary/aromatic N) is 1. The molecule has 0 aliphatic carbocycles. The average molecular weight is 506 g/mol. The van der Waals surface area contributed by atoms with Gasteiger partial charge in [-0.15, -0.1) is 0 Å². The zero-order chi connectivity index (χ0) is 24.0. The first kappa shape index (κ1) is 25.7. The fourth-order valence-corrected chi connectivity index (χ4v) is 5.49. The Kier molecular flexibility index (Phi) is 9.30. The first-order valence-electron chi connectivity index (χ1n) is 11.2. The number of piperidine rings is 1. The third-order valence-electron chi connectivity index (χ3n) is 5.67. The van der Waals surface area contributed by atoms with Gasteiger partial charge in [-0.05, 0) is 55.0 Å². The van der Waals surface area contributed by atoms with Gasteiger partial charge >= 0.3 is 5.97 Å². The Hall–Kier alpha value is -1.95. The summed E-state index contributed by atoms with van der Waals surface area (Å²) in [4.78, 5) is 28.3. The van der Waals surface area contributed by atoms with Gasteiger partial charge in [0.05, 0.1) is 22.6 Å². The van der Waals surface area contributed by atoms with Crippen LogP contribution in [0.1, 0.15) is 50.7 Å². The van der Waals surface area contributed by atoms with Gasteiger partial charge in [-0.2, -0.15) is 0 Å². The molecule has 1 fully saturated rings. The van der Waals surface area contributed by atoms with Crippen molar-refractivity contribution in [3.8, 4) is 0 Å². The summed E-state index contributed by atoms with van der Waals surface area (Å²) in [5.74, 6) is -0.0000207. The molecular weight excluding hydrogens is 477 g/mol. The van der Waals surface area contributed by atoms with Gasteiger partial charge in [0.1, 0.15) is 0 Å². The van der Waals surface area contributed by atoms with Crippen molar-refractivity contribution >= 4 is 52.9 Å². The summed E-state index contributed by atoms with van der Waals surface area (Å²) >= 11 is 14.7. The van der Waals surface area contributed by atoms with Crippen molar-refractivity contribution in [2.45, 2.75) is 49.3 Å². The predicted octanol–water partition coefficient (Wildman–Crippen LogP) is 7.08. The number of rotatable bonds is 7. The summed E-state index contributed by atoms with van der Waals surface area (Å²) in [6, 6.07) is 12.1. The minimum atomic E-state index is -0.171. The molecule has 7 heteroatoms. The lowest BCUT2D eigenvalue weighted by atomic mass is 9.97. The smallest absolute Gasteiger partial charge is 0.309 e. The van der Waals surface area contributed by atoms with Gasteiger partial charge in [-0.25, -0.2) is 0 Å². The van der Waals surface area contributed by atoms with Crippen LogP contribution in [0.5, 0.6) is 0 Å². The Morgan fingerprint density at radius 3 is 2.45 bits per heavy atom. The number of halogens is 2. The summed E-state index contributed by atoms with van der Waals surface area (Å²) < 4.78 is 5.09. The number of likely N-dealkylation sites (tertiary alicyclic amines) is 1. The molecule has 2 aromatic carbocycles. The molecule has 0 unspecified atom stereocenters. The van der Waals surface area contributed by atoms with Crippen LogP contribution in [0.2, 0.25) is 10.0 Å². The largest absolute Gasteiger partial charge is 0.466 e. The highest BCUT2D eigenvalue weighted by Gasteiger charge is 2.27. The molecule has 0 bridgehead atoms. The van der Waals surface area contributed by atoms with Gasteiger partial charge < -0.3 is 9.64 Å². The number of hydrogen-bond donors (Lipinski definition) is 0. The van der Waals surface area contributed by atoms with Crippen LogP contribution in [-0.2, 0) is 14.3 Å². The predicted molar refractivity (Wildman–Crippen MR) is 136 cm³/mol. The van der Waals surface area contributed by atoms with Gasteiger partial charge in [-0.1, -0.05) is 73.1 Å². The van der Waals surface area contributed by atoms with Crippen molar-refractivity contribution in [3.05, 3.63) is 63.6 Å². The van der Waals surface area contributed by atoms with Crippen molar-refractivity contribution in [2.75, 3.05) is 19.7 Å². The summed E-state index contributed by atoms with van der Waals surface area (Å²) in [6.07, 6.45) is 4.46. The van der Waals surface area contributed by atoms with E-state index in [4.69, 9.17) is 27.9 Å². The molecule has 33 heavy (non-hydrogen) atoms. The molecule has 1 saturated heterocycles. The first-order chi connectivity index (χ1) is 15.8. The fraction of sp³-hybridized carbons (Fsp3) is 0.385. The number of amides is 1. The first-order valence-corrected chi connectivity index (χ1v) is 12.8. The third kappa shape index (κ3) is 6.56. The van der Waals surface area contributed by atoms with Crippen LogP contribution in [0.25, 0.3) is 6.08 Å². The van der Waals surface area contributed by atoms with Crippen molar-refractivity contribution in [1.82, 2.24) is 4.90 Å². The number of hydrogen-bond acceptors (Lipinski definition) is 4. The molecule has 0 saturated carbocycles. The van der Waals surface area contributed by atoms with E-state index in [1.54, 1.807) is 29.7 Å². The van der Waals surface area contributed by atoms with E-state index in [1.165, 1.54) is 11.6 Å². The van der Waals surface area contributed by atoms with Gasteiger partial charge in [0.2, 0.25) is 5.91 Å². The molecule has 3 rings (SSSR count). The topological polar surface area (TPSA) is 46.6 Å². The number of esters is 1. The molecule has 1 aliphatic heterocycles. The second kappa shape index (κ2) is 12.0. The van der Waals surface area contributed by atoms with Crippen molar-refractivity contribution in [3.63, 3.8) is 0 Å². The molecule has 0 aromatic heterocycles. The Morgan fingerprint density at radius 2 is 1.79 bits per heavy atom. The zero-order valence-electron chi connectivity index (χ0n) is 19.1. The fourth-order valence-electron chi connectivity index (χ4n) is 3.79. The number of carbonyl (C=O) groups excluding carboxylic acids is 2. The Balaban J connectivity index is 1.66. The molecule has 0 radical (unpaired) electrons. The van der Waals surface area contributed by atoms with Gasteiger partial charge in [0.25, 0.3) is 0 Å². The summed E-state index contributed by atoms with van der Waals surface area (Å²) in [5.41, 5.74) is 1.95. The van der Waals surface area contributed by atoms with E-state index in [2.05, 4.69) is 26.0 Å². The molecule has 1 amide bonds. The minimum absolute atomic E-state index is 0.103.